The second-order valence-electron chi connectivity index (χ2n) is 2.80. The molecule has 0 atom stereocenters. The molecular weight excluding hydrogens is 148 g/mol. The third-order valence-electron chi connectivity index (χ3n) is 1.44. The number of rotatable bonds is 4. The van der Waals surface area contributed by atoms with Crippen molar-refractivity contribution >= 4 is 17.7 Å². The van der Waals surface area contributed by atoms with Gasteiger partial charge < -0.3 is 5.11 Å². The molecule has 0 aromatic heterocycles. The molecule has 0 aliphatic carbocycles. The monoisotopic (exact) mass is 162 g/mol. The van der Waals surface area contributed by atoms with E-state index in [-0.39, 0.29) is 10.5 Å². The largest absolute Gasteiger partial charge is 0.481 e. The predicted molar refractivity (Wildman–Crippen MR) is 44.5 cm³/mol. The molecule has 0 heterocycles. The molecule has 0 aromatic rings. The van der Waals surface area contributed by atoms with Crippen molar-refractivity contribution in [2.45, 2.75) is 31.9 Å². The lowest BCUT2D eigenvalue weighted by Crippen LogP contribution is -2.15. The molecule has 3 heteroatoms. The SMILES string of the molecule is CCC(C)(C)SCC(=O)O. The summed E-state index contributed by atoms with van der Waals surface area (Å²) in [6, 6.07) is 0. The van der Waals surface area contributed by atoms with E-state index < -0.39 is 5.97 Å². The molecule has 0 bridgehead atoms. The van der Waals surface area contributed by atoms with Crippen LogP contribution in [0, 0.1) is 0 Å². The lowest BCUT2D eigenvalue weighted by atomic mass is 10.1. The second kappa shape index (κ2) is 3.86. The van der Waals surface area contributed by atoms with Gasteiger partial charge in [-0.05, 0) is 6.42 Å². The Hall–Kier alpha value is -0.180. The smallest absolute Gasteiger partial charge is 0.313 e. The van der Waals surface area contributed by atoms with Crippen LogP contribution in [0.25, 0.3) is 0 Å². The normalized spacial score (nSPS) is 11.5. The highest BCUT2D eigenvalue weighted by Gasteiger charge is 2.16. The van der Waals surface area contributed by atoms with Crippen LogP contribution in [0.4, 0.5) is 0 Å². The lowest BCUT2D eigenvalue weighted by Gasteiger charge is -2.20. The summed E-state index contributed by atoms with van der Waals surface area (Å²) >= 11 is 1.49. The Kier molecular flexibility index (Phi) is 3.79. The standard InChI is InChI=1S/C7H14O2S/c1-4-7(2,3)10-5-6(8)9/h4-5H2,1-3H3,(H,8,9). The number of thioether (sulfide) groups is 1. The predicted octanol–water partition coefficient (Wildman–Crippen LogP) is 1.99. The van der Waals surface area contributed by atoms with Crippen LogP contribution in [0.2, 0.25) is 0 Å². The molecule has 0 aliphatic heterocycles. The van der Waals surface area contributed by atoms with E-state index in [4.69, 9.17) is 5.11 Å². The van der Waals surface area contributed by atoms with Gasteiger partial charge in [-0.2, -0.15) is 0 Å². The summed E-state index contributed by atoms with van der Waals surface area (Å²) in [6.45, 7) is 6.18. The van der Waals surface area contributed by atoms with E-state index in [1.54, 1.807) is 0 Å². The van der Waals surface area contributed by atoms with E-state index in [1.165, 1.54) is 11.8 Å². The van der Waals surface area contributed by atoms with Gasteiger partial charge in [-0.15, -0.1) is 11.8 Å². The minimum Gasteiger partial charge on any atom is -0.481 e. The molecule has 10 heavy (non-hydrogen) atoms. The van der Waals surface area contributed by atoms with Gasteiger partial charge in [-0.25, -0.2) is 0 Å². The summed E-state index contributed by atoms with van der Waals surface area (Å²) in [4.78, 5) is 10.1. The Morgan fingerprint density at radius 1 is 1.60 bits per heavy atom. The maximum Gasteiger partial charge on any atom is 0.313 e. The molecule has 60 valence electrons. The first-order valence-electron chi connectivity index (χ1n) is 3.33. The second-order valence-corrected chi connectivity index (χ2v) is 4.48. The number of carbonyl (C=O) groups is 1. The van der Waals surface area contributed by atoms with Gasteiger partial charge >= 0.3 is 5.97 Å². The molecule has 0 radical (unpaired) electrons. The van der Waals surface area contributed by atoms with Crippen LogP contribution in [0.15, 0.2) is 0 Å². The van der Waals surface area contributed by atoms with E-state index >= 15 is 0 Å². The molecule has 0 spiro atoms. The van der Waals surface area contributed by atoms with Crippen molar-refractivity contribution in [1.29, 1.82) is 0 Å². The molecule has 0 saturated carbocycles. The molecule has 2 nitrogen and oxygen atoms in total. The molecular formula is C7H14O2S. The van der Waals surface area contributed by atoms with Crippen LogP contribution in [-0.2, 0) is 4.79 Å². The Bertz CT molecular complexity index is 121. The first-order chi connectivity index (χ1) is 4.48. The zero-order valence-corrected chi connectivity index (χ0v) is 7.49. The van der Waals surface area contributed by atoms with E-state index in [9.17, 15) is 4.79 Å². The highest BCUT2D eigenvalue weighted by Crippen LogP contribution is 2.26. The van der Waals surface area contributed by atoms with Crippen LogP contribution < -0.4 is 0 Å². The van der Waals surface area contributed by atoms with Gasteiger partial charge in [0.05, 0.1) is 5.75 Å². The number of hydrogen-bond acceptors (Lipinski definition) is 2. The van der Waals surface area contributed by atoms with E-state index in [0.29, 0.717) is 0 Å². The number of hydrogen-bond donors (Lipinski definition) is 1. The van der Waals surface area contributed by atoms with Crippen molar-refractivity contribution in [1.82, 2.24) is 0 Å². The zero-order chi connectivity index (χ0) is 8.20. The first kappa shape index (κ1) is 9.82. The number of aliphatic carboxylic acids is 1. The van der Waals surface area contributed by atoms with Gasteiger partial charge in [0, 0.05) is 4.75 Å². The van der Waals surface area contributed by atoms with Gasteiger partial charge in [-0.3, -0.25) is 4.79 Å². The maximum absolute atomic E-state index is 10.1. The summed E-state index contributed by atoms with van der Waals surface area (Å²) in [7, 11) is 0. The van der Waals surface area contributed by atoms with Crippen molar-refractivity contribution in [3.63, 3.8) is 0 Å². The third-order valence-corrected chi connectivity index (χ3v) is 2.90. The highest BCUT2D eigenvalue weighted by molar-refractivity contribution is 8.01. The van der Waals surface area contributed by atoms with Crippen molar-refractivity contribution < 1.29 is 9.90 Å². The summed E-state index contributed by atoms with van der Waals surface area (Å²) in [6.07, 6.45) is 1.00. The fourth-order valence-electron chi connectivity index (χ4n) is 0.359. The zero-order valence-electron chi connectivity index (χ0n) is 6.68. The van der Waals surface area contributed by atoms with Gasteiger partial charge in [0.2, 0.25) is 0 Å². The fourth-order valence-corrected chi connectivity index (χ4v) is 1.08. The molecule has 0 amide bonds. The Morgan fingerprint density at radius 2 is 2.10 bits per heavy atom. The van der Waals surface area contributed by atoms with Gasteiger partial charge in [0.25, 0.3) is 0 Å². The lowest BCUT2D eigenvalue weighted by molar-refractivity contribution is -0.133. The molecule has 0 aromatic carbocycles. The average molecular weight is 162 g/mol. The number of carboxylic acids is 1. The van der Waals surface area contributed by atoms with Crippen LogP contribution in [0.1, 0.15) is 27.2 Å². The Morgan fingerprint density at radius 3 is 2.40 bits per heavy atom. The molecule has 0 rings (SSSR count). The Balaban J connectivity index is 3.56. The minimum atomic E-state index is -0.730. The fraction of sp³-hybridized carbons (Fsp3) is 0.857. The van der Waals surface area contributed by atoms with Gasteiger partial charge in [0.15, 0.2) is 0 Å². The highest BCUT2D eigenvalue weighted by atomic mass is 32.2. The maximum atomic E-state index is 10.1. The van der Waals surface area contributed by atoms with Gasteiger partial charge in [-0.1, -0.05) is 20.8 Å². The van der Waals surface area contributed by atoms with E-state index in [2.05, 4.69) is 20.8 Å². The van der Waals surface area contributed by atoms with Crippen LogP contribution in [0.5, 0.6) is 0 Å². The summed E-state index contributed by atoms with van der Waals surface area (Å²) < 4.78 is 0.110. The molecule has 0 fully saturated rings. The van der Waals surface area contributed by atoms with E-state index in [0.717, 1.165) is 6.42 Å². The summed E-state index contributed by atoms with van der Waals surface area (Å²) in [5, 5.41) is 8.35. The molecule has 1 N–H and O–H groups in total. The average Bonchev–Trinajstić information content (AvgIpc) is 1.85. The van der Waals surface area contributed by atoms with Gasteiger partial charge in [0.1, 0.15) is 0 Å². The van der Waals surface area contributed by atoms with Crippen molar-refractivity contribution in [3.8, 4) is 0 Å². The van der Waals surface area contributed by atoms with E-state index in [1.807, 2.05) is 0 Å². The minimum absolute atomic E-state index is 0.110. The Labute approximate surface area is 66.0 Å². The first-order valence-corrected chi connectivity index (χ1v) is 4.32. The summed E-state index contributed by atoms with van der Waals surface area (Å²) in [5.74, 6) is -0.521. The molecule has 0 saturated heterocycles. The van der Waals surface area contributed by atoms with Crippen LogP contribution in [-0.4, -0.2) is 21.6 Å². The molecule has 0 unspecified atom stereocenters. The van der Waals surface area contributed by atoms with Crippen molar-refractivity contribution in [2.24, 2.45) is 0 Å². The summed E-state index contributed by atoms with van der Waals surface area (Å²) in [5.41, 5.74) is 0. The number of carboxylic acid groups (broad SMARTS) is 1. The van der Waals surface area contributed by atoms with Crippen LogP contribution in [0.3, 0.4) is 0 Å². The van der Waals surface area contributed by atoms with Crippen molar-refractivity contribution in [3.05, 3.63) is 0 Å². The van der Waals surface area contributed by atoms with Crippen molar-refractivity contribution in [2.75, 3.05) is 5.75 Å². The molecule has 0 aliphatic rings. The third kappa shape index (κ3) is 4.68. The van der Waals surface area contributed by atoms with Crippen LogP contribution >= 0.6 is 11.8 Å². The topological polar surface area (TPSA) is 37.3 Å². The quantitative estimate of drug-likeness (QED) is 0.687.